The number of allylic oxidation sites excluding steroid dienone is 1. The first kappa shape index (κ1) is 28.8. The molecule has 1 aliphatic carbocycles. The van der Waals surface area contributed by atoms with Crippen molar-refractivity contribution in [3.8, 4) is 0 Å². The second-order valence-electron chi connectivity index (χ2n) is 10.6. The molecule has 2 amide bonds. The quantitative estimate of drug-likeness (QED) is 0.270. The Balaban J connectivity index is 1.55. The highest BCUT2D eigenvalue weighted by molar-refractivity contribution is 5.93. The summed E-state index contributed by atoms with van der Waals surface area (Å²) >= 11 is 0. The summed E-state index contributed by atoms with van der Waals surface area (Å²) in [5, 5.41) is 5.12. The molecule has 0 unspecified atom stereocenters. The number of ether oxygens (including phenoxy) is 2. The second kappa shape index (κ2) is 13.7. The molecule has 0 saturated carbocycles. The van der Waals surface area contributed by atoms with Gasteiger partial charge in [0.25, 0.3) is 0 Å². The predicted molar refractivity (Wildman–Crippen MR) is 152 cm³/mol. The van der Waals surface area contributed by atoms with Crippen molar-refractivity contribution in [1.29, 1.82) is 0 Å². The normalized spacial score (nSPS) is 20.9. The van der Waals surface area contributed by atoms with Gasteiger partial charge in [0.1, 0.15) is 5.41 Å². The van der Waals surface area contributed by atoms with Crippen molar-refractivity contribution in [2.45, 2.75) is 71.8 Å². The van der Waals surface area contributed by atoms with Crippen LogP contribution < -0.4 is 5.32 Å². The number of esters is 1. The van der Waals surface area contributed by atoms with Gasteiger partial charge in [0.15, 0.2) is 0 Å². The summed E-state index contributed by atoms with van der Waals surface area (Å²) in [6.07, 6.45) is 7.50. The van der Waals surface area contributed by atoms with Crippen LogP contribution in [0.5, 0.6) is 0 Å². The summed E-state index contributed by atoms with van der Waals surface area (Å²) in [4.78, 5) is 42.2. The average Bonchev–Trinajstić information content (AvgIpc) is 2.95. The first-order valence-corrected chi connectivity index (χ1v) is 14.5. The molecule has 1 aliphatic heterocycles. The van der Waals surface area contributed by atoms with Gasteiger partial charge < -0.3 is 19.7 Å². The van der Waals surface area contributed by atoms with Gasteiger partial charge in [-0.3, -0.25) is 14.4 Å². The van der Waals surface area contributed by atoms with Crippen LogP contribution in [0, 0.1) is 11.3 Å². The maximum atomic E-state index is 14.0. The molecule has 2 atom stereocenters. The number of likely N-dealkylation sites (tertiary alicyclic amines) is 1. The zero-order valence-electron chi connectivity index (χ0n) is 23.4. The Bertz CT molecular complexity index is 1190. The molecule has 210 valence electrons. The lowest BCUT2D eigenvalue weighted by atomic mass is 9.66. The zero-order valence-corrected chi connectivity index (χ0v) is 23.4. The Morgan fingerprint density at radius 3 is 2.69 bits per heavy atom. The van der Waals surface area contributed by atoms with Crippen molar-refractivity contribution in [3.05, 3.63) is 59.8 Å². The summed E-state index contributed by atoms with van der Waals surface area (Å²) in [5.41, 5.74) is 0.843. The Labute approximate surface area is 231 Å². The predicted octanol–water partition coefficient (Wildman–Crippen LogP) is 5.52. The first-order chi connectivity index (χ1) is 19.0. The molecule has 7 nitrogen and oxygen atoms in total. The van der Waals surface area contributed by atoms with E-state index in [-0.39, 0.29) is 30.8 Å². The van der Waals surface area contributed by atoms with Gasteiger partial charge in [-0.25, -0.2) is 0 Å². The maximum Gasteiger partial charge on any atom is 0.318 e. The van der Waals surface area contributed by atoms with Crippen molar-refractivity contribution in [1.82, 2.24) is 10.2 Å². The van der Waals surface area contributed by atoms with Crippen LogP contribution in [-0.4, -0.2) is 49.0 Å². The molecule has 0 aromatic heterocycles. The van der Waals surface area contributed by atoms with Crippen LogP contribution in [0.3, 0.4) is 0 Å². The van der Waals surface area contributed by atoms with Gasteiger partial charge in [-0.1, -0.05) is 61.9 Å². The van der Waals surface area contributed by atoms with Gasteiger partial charge in [0.2, 0.25) is 11.8 Å². The number of piperidine rings is 1. The number of fused-ring (bicyclic) bond motifs is 2. The van der Waals surface area contributed by atoms with Crippen LogP contribution in [0.25, 0.3) is 10.8 Å². The summed E-state index contributed by atoms with van der Waals surface area (Å²) in [6.45, 7) is 6.38. The van der Waals surface area contributed by atoms with Crippen LogP contribution in [0.4, 0.5) is 0 Å². The molecule has 1 heterocycles. The fraction of sp³-hybridized carbons (Fsp3) is 0.531. The molecular weight excluding hydrogens is 492 g/mol. The minimum absolute atomic E-state index is 0.0516. The molecule has 2 aromatic carbocycles. The topological polar surface area (TPSA) is 84.9 Å². The Morgan fingerprint density at radius 2 is 1.87 bits per heavy atom. The number of unbranched alkanes of at least 4 members (excludes halogenated alkanes) is 1. The largest absolute Gasteiger partial charge is 0.465 e. The van der Waals surface area contributed by atoms with Crippen LogP contribution in [0.2, 0.25) is 0 Å². The molecule has 1 N–H and O–H groups in total. The van der Waals surface area contributed by atoms with Crippen LogP contribution >= 0.6 is 0 Å². The van der Waals surface area contributed by atoms with Gasteiger partial charge in [-0.05, 0) is 61.8 Å². The second-order valence-corrected chi connectivity index (χ2v) is 10.6. The summed E-state index contributed by atoms with van der Waals surface area (Å²) < 4.78 is 11.2. The fourth-order valence-corrected chi connectivity index (χ4v) is 5.92. The molecule has 1 fully saturated rings. The third-order valence-electron chi connectivity index (χ3n) is 7.87. The number of nitrogens with zero attached hydrogens (tertiary/aromatic N) is 1. The van der Waals surface area contributed by atoms with Gasteiger partial charge in [0.05, 0.1) is 13.2 Å². The van der Waals surface area contributed by atoms with Crippen LogP contribution in [-0.2, 0) is 30.4 Å². The average molecular weight is 535 g/mol. The standard InChI is InChI=1S/C32H42N2O5/c1-3-5-19-38-20-11-18-33-29(35)21-26-22-32(31(37)39-4-2)17-9-8-16-28(32)34(30(26)36)23-25-14-10-13-24-12-6-7-15-27(24)25/h6-7,10,12-16,26H,3-5,8-9,11,17-23H2,1-2H3,(H,33,35)/t26-,32+/m1/s1. The maximum absolute atomic E-state index is 14.0. The zero-order chi connectivity index (χ0) is 27.7. The summed E-state index contributed by atoms with van der Waals surface area (Å²) in [7, 11) is 0. The van der Waals surface area contributed by atoms with Crippen LogP contribution in [0.15, 0.2) is 54.2 Å². The van der Waals surface area contributed by atoms with Gasteiger partial charge in [-0.2, -0.15) is 0 Å². The minimum atomic E-state index is -0.912. The van der Waals surface area contributed by atoms with E-state index in [1.807, 2.05) is 30.3 Å². The van der Waals surface area contributed by atoms with E-state index in [1.165, 1.54) is 0 Å². The van der Waals surface area contributed by atoms with Crippen molar-refractivity contribution < 1.29 is 23.9 Å². The highest BCUT2D eigenvalue weighted by atomic mass is 16.5. The number of amides is 2. The molecule has 4 rings (SSSR count). The molecule has 0 spiro atoms. The number of carbonyl (C=O) groups excluding carboxylic acids is 3. The lowest BCUT2D eigenvalue weighted by Gasteiger charge is -2.48. The van der Waals surface area contributed by atoms with Crippen LogP contribution in [0.1, 0.15) is 70.8 Å². The first-order valence-electron chi connectivity index (χ1n) is 14.5. The number of rotatable bonds is 13. The van der Waals surface area contributed by atoms with E-state index in [2.05, 4.69) is 30.4 Å². The molecule has 39 heavy (non-hydrogen) atoms. The van der Waals surface area contributed by atoms with Crippen molar-refractivity contribution in [2.75, 3.05) is 26.4 Å². The smallest absolute Gasteiger partial charge is 0.318 e. The SMILES string of the molecule is CCCCOCCCNC(=O)C[C@@H]1C[C@@]2(C(=O)OCC)CCCC=C2N(Cc2cccc3ccccc23)C1=O. The molecule has 0 bridgehead atoms. The van der Waals surface area contributed by atoms with Gasteiger partial charge in [-0.15, -0.1) is 0 Å². The Hall–Kier alpha value is -3.19. The molecular formula is C32H42N2O5. The van der Waals surface area contributed by atoms with E-state index in [9.17, 15) is 14.4 Å². The highest BCUT2D eigenvalue weighted by Gasteiger charge is 2.54. The fourth-order valence-electron chi connectivity index (χ4n) is 5.92. The number of carbonyl (C=O) groups is 3. The van der Waals surface area contributed by atoms with E-state index in [1.54, 1.807) is 11.8 Å². The van der Waals surface area contributed by atoms with Crippen molar-refractivity contribution >= 4 is 28.6 Å². The molecule has 1 saturated heterocycles. The minimum Gasteiger partial charge on any atom is -0.465 e. The molecule has 0 radical (unpaired) electrons. The van der Waals surface area contributed by atoms with Crippen molar-refractivity contribution in [3.63, 3.8) is 0 Å². The third-order valence-corrected chi connectivity index (χ3v) is 7.87. The van der Waals surface area contributed by atoms with Crippen molar-refractivity contribution in [2.24, 2.45) is 11.3 Å². The van der Waals surface area contributed by atoms with E-state index >= 15 is 0 Å². The number of benzene rings is 2. The molecule has 7 heteroatoms. The summed E-state index contributed by atoms with van der Waals surface area (Å²) in [5.74, 6) is -1.16. The number of nitrogens with one attached hydrogen (secondary N) is 1. The summed E-state index contributed by atoms with van der Waals surface area (Å²) in [6, 6.07) is 14.2. The van der Waals surface area contributed by atoms with E-state index < -0.39 is 11.3 Å². The molecule has 2 aromatic rings. The third kappa shape index (κ3) is 6.70. The van der Waals surface area contributed by atoms with Gasteiger partial charge >= 0.3 is 5.97 Å². The highest BCUT2D eigenvalue weighted by Crippen LogP contribution is 2.50. The number of hydrogen-bond acceptors (Lipinski definition) is 5. The Morgan fingerprint density at radius 1 is 1.08 bits per heavy atom. The lowest BCUT2D eigenvalue weighted by Crippen LogP contribution is -2.54. The van der Waals surface area contributed by atoms with Gasteiger partial charge in [0, 0.05) is 37.8 Å². The molecule has 2 aliphatic rings. The Kier molecular flexibility index (Phi) is 10.2. The van der Waals surface area contributed by atoms with E-state index in [0.29, 0.717) is 32.5 Å². The lowest BCUT2D eigenvalue weighted by molar-refractivity contribution is -0.162. The monoisotopic (exact) mass is 534 g/mol. The van der Waals surface area contributed by atoms with E-state index in [4.69, 9.17) is 9.47 Å². The van der Waals surface area contributed by atoms with E-state index in [0.717, 1.165) is 60.7 Å². The number of hydrogen-bond donors (Lipinski definition) is 1.